The molecular formula is C30H21O9S3Sm. The largest absolute Gasteiger partial charge is 3.00 e. The van der Waals surface area contributed by atoms with Gasteiger partial charge in [-0.3, -0.25) is 0 Å². The molecule has 1 radical (unpaired) electrons. The van der Waals surface area contributed by atoms with Gasteiger partial charge >= 0.3 is 40.4 Å². The van der Waals surface area contributed by atoms with Crippen molar-refractivity contribution in [2.45, 2.75) is 14.7 Å². The van der Waals surface area contributed by atoms with E-state index in [9.17, 15) is 38.9 Å². The second-order valence-corrected chi connectivity index (χ2v) is 13.0. The summed E-state index contributed by atoms with van der Waals surface area (Å²) in [5.41, 5.74) is 0. The van der Waals surface area contributed by atoms with Crippen LogP contribution >= 0.6 is 0 Å². The minimum atomic E-state index is -4.34. The summed E-state index contributed by atoms with van der Waals surface area (Å²) in [5.74, 6) is 0. The number of hydrogen-bond acceptors (Lipinski definition) is 9. The van der Waals surface area contributed by atoms with Crippen LogP contribution in [-0.4, -0.2) is 38.9 Å². The molecule has 0 amide bonds. The molecule has 6 aromatic rings. The molecule has 0 saturated carbocycles. The second-order valence-electron chi connectivity index (χ2n) is 8.89. The van der Waals surface area contributed by atoms with Crippen molar-refractivity contribution in [2.75, 3.05) is 0 Å². The van der Waals surface area contributed by atoms with Crippen LogP contribution in [0.25, 0.3) is 32.3 Å². The minimum absolute atomic E-state index is 0. The van der Waals surface area contributed by atoms with Gasteiger partial charge in [-0.15, -0.1) is 0 Å². The molecule has 0 N–H and O–H groups in total. The predicted octanol–water partition coefficient (Wildman–Crippen LogP) is 5.23. The Kier molecular flexibility index (Phi) is 11.5. The summed E-state index contributed by atoms with van der Waals surface area (Å²) in [4.78, 5) is -0.552. The average Bonchev–Trinajstić information content (AvgIpc) is 2.95. The molecule has 0 heterocycles. The fourth-order valence-corrected chi connectivity index (χ4v) is 5.49. The molecule has 0 atom stereocenters. The molecule has 219 valence electrons. The summed E-state index contributed by atoms with van der Waals surface area (Å²) in [6, 6.07) is 34.8. The molecule has 0 aliphatic heterocycles. The third kappa shape index (κ3) is 9.58. The van der Waals surface area contributed by atoms with Gasteiger partial charge in [-0.2, -0.15) is 0 Å². The van der Waals surface area contributed by atoms with Crippen molar-refractivity contribution in [3.63, 3.8) is 0 Å². The molecule has 0 aliphatic carbocycles. The third-order valence-corrected chi connectivity index (χ3v) is 8.52. The van der Waals surface area contributed by atoms with Gasteiger partial charge in [0.2, 0.25) is 0 Å². The van der Waals surface area contributed by atoms with Gasteiger partial charge in [0.05, 0.1) is 14.7 Å². The predicted molar refractivity (Wildman–Crippen MR) is 156 cm³/mol. The summed E-state index contributed by atoms with van der Waals surface area (Å²) >= 11 is 0. The Morgan fingerprint density at radius 1 is 0.326 bits per heavy atom. The van der Waals surface area contributed by atoms with Gasteiger partial charge in [0.25, 0.3) is 0 Å². The van der Waals surface area contributed by atoms with Gasteiger partial charge in [0, 0.05) is 0 Å². The van der Waals surface area contributed by atoms with E-state index >= 15 is 0 Å². The van der Waals surface area contributed by atoms with E-state index in [2.05, 4.69) is 0 Å². The first-order valence-corrected chi connectivity index (χ1v) is 16.3. The molecule has 0 spiro atoms. The molecule has 6 aromatic carbocycles. The van der Waals surface area contributed by atoms with Crippen molar-refractivity contribution in [3.05, 3.63) is 127 Å². The molecular weight excluding hydrogens is 751 g/mol. The molecule has 0 fully saturated rings. The Balaban J connectivity index is 0.000000175. The average molecular weight is 772 g/mol. The van der Waals surface area contributed by atoms with Crippen molar-refractivity contribution in [3.8, 4) is 0 Å². The first-order valence-electron chi connectivity index (χ1n) is 12.1. The third-order valence-electron chi connectivity index (χ3n) is 6.03. The van der Waals surface area contributed by atoms with E-state index in [1.54, 1.807) is 54.6 Å². The van der Waals surface area contributed by atoms with E-state index in [-0.39, 0.29) is 55.1 Å². The van der Waals surface area contributed by atoms with Crippen LogP contribution in [0.4, 0.5) is 0 Å². The van der Waals surface area contributed by atoms with Crippen LogP contribution in [0.15, 0.2) is 142 Å². The van der Waals surface area contributed by atoms with Gasteiger partial charge < -0.3 is 13.7 Å². The molecule has 13 heteroatoms. The van der Waals surface area contributed by atoms with Crippen molar-refractivity contribution in [2.24, 2.45) is 0 Å². The monoisotopic (exact) mass is 773 g/mol. The standard InChI is InChI=1S/3C10H8O3S.Sm/c3*11-14(12,13)10-6-5-8-3-1-2-4-9(8)7-10;/h3*1-7H,(H,11,12,13);/q;;;+3/p-3. The van der Waals surface area contributed by atoms with Gasteiger partial charge in [-0.1, -0.05) is 91.0 Å². The Morgan fingerprint density at radius 2 is 0.535 bits per heavy atom. The maximum Gasteiger partial charge on any atom is 3.00 e. The van der Waals surface area contributed by atoms with Gasteiger partial charge in [-0.25, -0.2) is 25.3 Å². The summed E-state index contributed by atoms with van der Waals surface area (Å²) in [6.07, 6.45) is 0. The first kappa shape index (κ1) is 34.7. The van der Waals surface area contributed by atoms with E-state index in [1.165, 1.54) is 36.4 Å². The van der Waals surface area contributed by atoms with Crippen LogP contribution in [0.5, 0.6) is 0 Å². The van der Waals surface area contributed by atoms with Gasteiger partial charge in [0.15, 0.2) is 0 Å². The summed E-state index contributed by atoms with van der Waals surface area (Å²) in [6.45, 7) is 0. The molecule has 6 rings (SSSR count). The van der Waals surface area contributed by atoms with Crippen LogP contribution in [0, 0.1) is 40.4 Å². The molecule has 0 unspecified atom stereocenters. The summed E-state index contributed by atoms with van der Waals surface area (Å²) < 4.78 is 96.5. The maximum atomic E-state index is 10.7. The van der Waals surface area contributed by atoms with Gasteiger partial charge in [-0.05, 0) is 68.7 Å². The van der Waals surface area contributed by atoms with Crippen molar-refractivity contribution < 1.29 is 79.3 Å². The second kappa shape index (κ2) is 14.3. The van der Waals surface area contributed by atoms with Crippen molar-refractivity contribution >= 4 is 62.7 Å². The number of rotatable bonds is 3. The normalized spacial score (nSPS) is 11.5. The fourth-order valence-electron chi connectivity index (χ4n) is 3.97. The van der Waals surface area contributed by atoms with Gasteiger partial charge in [0.1, 0.15) is 30.4 Å². The molecule has 0 aromatic heterocycles. The Labute approximate surface area is 281 Å². The van der Waals surface area contributed by atoms with Crippen molar-refractivity contribution in [1.29, 1.82) is 0 Å². The van der Waals surface area contributed by atoms with E-state index < -0.39 is 30.4 Å². The zero-order valence-corrected chi connectivity index (χ0v) is 27.0. The number of fused-ring (bicyclic) bond motifs is 3. The van der Waals surface area contributed by atoms with Crippen LogP contribution in [0.2, 0.25) is 0 Å². The van der Waals surface area contributed by atoms with Crippen LogP contribution in [0.1, 0.15) is 0 Å². The molecule has 9 nitrogen and oxygen atoms in total. The fraction of sp³-hybridized carbons (Fsp3) is 0. The van der Waals surface area contributed by atoms with Crippen molar-refractivity contribution in [1.82, 2.24) is 0 Å². The molecule has 0 saturated heterocycles. The van der Waals surface area contributed by atoms with E-state index in [0.717, 1.165) is 32.3 Å². The number of hydrogen-bond donors (Lipinski definition) is 0. The molecule has 0 aliphatic rings. The smallest absolute Gasteiger partial charge is 0.744 e. The summed E-state index contributed by atoms with van der Waals surface area (Å²) in [7, 11) is -13.0. The van der Waals surface area contributed by atoms with E-state index in [4.69, 9.17) is 0 Å². The Morgan fingerprint density at radius 3 is 0.744 bits per heavy atom. The first-order chi connectivity index (χ1) is 19.7. The van der Waals surface area contributed by atoms with E-state index in [1.807, 2.05) is 36.4 Å². The SMILES string of the molecule is O=S(=O)([O-])c1ccc2ccccc2c1.O=S(=O)([O-])c1ccc2ccccc2c1.O=S(=O)([O-])c1ccc2ccccc2c1.[Sm+3]. The molecule has 43 heavy (non-hydrogen) atoms. The quantitative estimate of drug-likeness (QED) is 0.219. The Bertz CT molecular complexity index is 1980. The maximum absolute atomic E-state index is 10.7. The van der Waals surface area contributed by atoms with Crippen LogP contribution in [-0.2, 0) is 30.4 Å². The summed E-state index contributed by atoms with van der Waals surface area (Å²) in [5, 5.41) is 5.01. The Hall–Kier alpha value is -2.83. The topological polar surface area (TPSA) is 172 Å². The van der Waals surface area contributed by atoms with Crippen LogP contribution in [0.3, 0.4) is 0 Å². The number of benzene rings is 6. The molecule has 0 bridgehead atoms. The zero-order chi connectivity index (χ0) is 30.5. The zero-order valence-electron chi connectivity index (χ0n) is 21.9. The van der Waals surface area contributed by atoms with Crippen LogP contribution < -0.4 is 0 Å². The minimum Gasteiger partial charge on any atom is -0.744 e. The van der Waals surface area contributed by atoms with E-state index in [0.29, 0.717) is 0 Å².